The summed E-state index contributed by atoms with van der Waals surface area (Å²) in [5.41, 5.74) is 0.512. The van der Waals surface area contributed by atoms with Gasteiger partial charge >= 0.3 is 0 Å². The van der Waals surface area contributed by atoms with Gasteiger partial charge in [0.25, 0.3) is 5.91 Å². The number of carbonyl (C=O) groups is 1. The highest BCUT2D eigenvalue weighted by molar-refractivity contribution is 6.36. The Kier molecular flexibility index (Phi) is 6.68. The quantitative estimate of drug-likeness (QED) is 0.321. The Bertz CT molecular complexity index is 1060. The van der Waals surface area contributed by atoms with E-state index in [1.165, 1.54) is 6.20 Å². The minimum absolute atomic E-state index is 0.0423. The smallest absolute Gasteiger partial charge is 0.258 e. The molecule has 3 aromatic rings. The van der Waals surface area contributed by atoms with E-state index in [0.29, 0.717) is 35.0 Å². The van der Waals surface area contributed by atoms with Gasteiger partial charge in [0.15, 0.2) is 17.5 Å². The minimum Gasteiger partial charge on any atom is -0.380 e. The number of H-pyrrole nitrogens is 1. The topological polar surface area (TPSA) is 104 Å². The van der Waals surface area contributed by atoms with E-state index in [1.54, 1.807) is 6.20 Å². The van der Waals surface area contributed by atoms with Crippen molar-refractivity contribution in [3.63, 3.8) is 0 Å². The summed E-state index contributed by atoms with van der Waals surface area (Å²) in [6.07, 6.45) is 3.00. The zero-order chi connectivity index (χ0) is 20.8. The van der Waals surface area contributed by atoms with Crippen LogP contribution in [-0.2, 0) is 4.74 Å². The second kappa shape index (κ2) is 9.39. The number of amides is 1. The highest BCUT2D eigenvalue weighted by Gasteiger charge is 2.15. The highest BCUT2D eigenvalue weighted by Crippen LogP contribution is 2.27. The second-order valence-electron chi connectivity index (χ2n) is 5.75. The van der Waals surface area contributed by atoms with Gasteiger partial charge < -0.3 is 10.1 Å². The molecule has 0 atom stereocenters. The molecule has 0 saturated carbocycles. The van der Waals surface area contributed by atoms with E-state index in [-0.39, 0.29) is 18.1 Å². The number of aromatic amines is 1. The molecule has 2 heterocycles. The minimum atomic E-state index is -1.13. The number of halogens is 3. The SMILES string of the molecule is CCOCCN=C(NC(=O)c1ccc(F)c(F)c1)Nc1n[nH]c2cncc(Cl)c12. The number of aromatic nitrogens is 3. The van der Waals surface area contributed by atoms with Gasteiger partial charge in [-0.15, -0.1) is 0 Å². The van der Waals surface area contributed by atoms with E-state index in [1.807, 2.05) is 6.92 Å². The predicted octanol–water partition coefficient (Wildman–Crippen LogP) is 3.12. The van der Waals surface area contributed by atoms with Gasteiger partial charge in [-0.25, -0.2) is 8.78 Å². The number of carbonyl (C=O) groups excluding carboxylic acids is 1. The maximum atomic E-state index is 13.4. The van der Waals surface area contributed by atoms with Crippen LogP contribution in [0.4, 0.5) is 14.6 Å². The van der Waals surface area contributed by atoms with E-state index in [2.05, 4.69) is 30.8 Å². The molecule has 0 fully saturated rings. The molecule has 0 bridgehead atoms. The van der Waals surface area contributed by atoms with E-state index in [9.17, 15) is 13.6 Å². The predicted molar refractivity (Wildman–Crippen MR) is 105 cm³/mol. The third-order valence-electron chi connectivity index (χ3n) is 3.78. The molecule has 11 heteroatoms. The van der Waals surface area contributed by atoms with Crippen molar-refractivity contribution in [3.8, 4) is 0 Å². The van der Waals surface area contributed by atoms with Gasteiger partial charge in [-0.1, -0.05) is 11.6 Å². The van der Waals surface area contributed by atoms with Crippen molar-refractivity contribution < 1.29 is 18.3 Å². The summed E-state index contributed by atoms with van der Waals surface area (Å²) in [5.74, 6) is -2.50. The number of aliphatic imine (C=N–C) groups is 1. The Hall–Kier alpha value is -3.11. The number of fused-ring (bicyclic) bond motifs is 1. The lowest BCUT2D eigenvalue weighted by Crippen LogP contribution is -2.36. The van der Waals surface area contributed by atoms with Gasteiger partial charge in [-0.3, -0.25) is 25.2 Å². The maximum absolute atomic E-state index is 13.4. The number of benzene rings is 1. The number of hydrogen-bond donors (Lipinski definition) is 3. The highest BCUT2D eigenvalue weighted by atomic mass is 35.5. The summed E-state index contributed by atoms with van der Waals surface area (Å²) >= 11 is 6.18. The molecule has 152 valence electrons. The van der Waals surface area contributed by atoms with Gasteiger partial charge in [0.2, 0.25) is 5.96 Å². The number of ether oxygens (including phenoxy) is 1. The summed E-state index contributed by atoms with van der Waals surface area (Å²) < 4.78 is 31.8. The lowest BCUT2D eigenvalue weighted by molar-refractivity contribution is 0.0976. The van der Waals surface area contributed by atoms with Crippen LogP contribution in [0.15, 0.2) is 35.6 Å². The van der Waals surface area contributed by atoms with Crippen molar-refractivity contribution in [1.82, 2.24) is 20.5 Å². The van der Waals surface area contributed by atoms with Gasteiger partial charge in [-0.05, 0) is 25.1 Å². The molecule has 0 aliphatic rings. The summed E-state index contributed by atoms with van der Waals surface area (Å²) in [6.45, 7) is 2.94. The average molecular weight is 423 g/mol. The molecular weight excluding hydrogens is 406 g/mol. The molecule has 0 saturated heterocycles. The molecule has 0 unspecified atom stereocenters. The molecule has 0 aliphatic carbocycles. The molecule has 0 radical (unpaired) electrons. The Balaban J connectivity index is 1.83. The van der Waals surface area contributed by atoms with Gasteiger partial charge in [0, 0.05) is 18.4 Å². The van der Waals surface area contributed by atoms with Crippen LogP contribution in [0.2, 0.25) is 5.02 Å². The van der Waals surface area contributed by atoms with Crippen LogP contribution in [0.25, 0.3) is 10.9 Å². The van der Waals surface area contributed by atoms with Crippen molar-refractivity contribution >= 4 is 40.2 Å². The van der Waals surface area contributed by atoms with Gasteiger partial charge in [0.05, 0.1) is 35.3 Å². The largest absolute Gasteiger partial charge is 0.380 e. The molecular formula is C18H17ClF2N6O2. The normalized spacial score (nSPS) is 11.7. The first-order chi connectivity index (χ1) is 14.0. The van der Waals surface area contributed by atoms with Gasteiger partial charge in [0.1, 0.15) is 0 Å². The first kappa shape index (κ1) is 20.6. The molecule has 29 heavy (non-hydrogen) atoms. The van der Waals surface area contributed by atoms with Crippen LogP contribution < -0.4 is 10.6 Å². The average Bonchev–Trinajstić information content (AvgIpc) is 3.11. The van der Waals surface area contributed by atoms with Crippen LogP contribution in [0, 0.1) is 11.6 Å². The lowest BCUT2D eigenvalue weighted by Gasteiger charge is -2.11. The summed E-state index contributed by atoms with van der Waals surface area (Å²) in [5, 5.41) is 13.2. The lowest BCUT2D eigenvalue weighted by atomic mass is 10.2. The van der Waals surface area contributed by atoms with Crippen molar-refractivity contribution in [2.24, 2.45) is 4.99 Å². The zero-order valence-corrected chi connectivity index (χ0v) is 16.1. The monoisotopic (exact) mass is 422 g/mol. The molecule has 2 aromatic heterocycles. The Morgan fingerprint density at radius 2 is 2.14 bits per heavy atom. The third kappa shape index (κ3) is 5.04. The van der Waals surface area contributed by atoms with Crippen molar-refractivity contribution in [3.05, 3.63) is 52.8 Å². The van der Waals surface area contributed by atoms with Crippen molar-refractivity contribution in [2.45, 2.75) is 6.92 Å². The van der Waals surface area contributed by atoms with Crippen LogP contribution in [-0.4, -0.2) is 46.8 Å². The fourth-order valence-electron chi connectivity index (χ4n) is 2.43. The Morgan fingerprint density at radius 1 is 1.31 bits per heavy atom. The number of rotatable bonds is 6. The number of hydrogen-bond acceptors (Lipinski definition) is 5. The first-order valence-corrected chi connectivity index (χ1v) is 9.00. The van der Waals surface area contributed by atoms with Crippen LogP contribution in [0.1, 0.15) is 17.3 Å². The van der Waals surface area contributed by atoms with Crippen LogP contribution in [0.3, 0.4) is 0 Å². The maximum Gasteiger partial charge on any atom is 0.258 e. The summed E-state index contributed by atoms with van der Waals surface area (Å²) in [6, 6.07) is 2.84. The number of nitrogens with zero attached hydrogens (tertiary/aromatic N) is 3. The number of anilines is 1. The number of guanidine groups is 1. The molecule has 8 nitrogen and oxygen atoms in total. The van der Waals surface area contributed by atoms with Gasteiger partial charge in [-0.2, -0.15) is 5.10 Å². The molecule has 0 aliphatic heterocycles. The summed E-state index contributed by atoms with van der Waals surface area (Å²) in [4.78, 5) is 20.7. The third-order valence-corrected chi connectivity index (χ3v) is 4.07. The molecule has 0 spiro atoms. The molecule has 1 amide bonds. The standard InChI is InChI=1S/C18H17ClF2N6O2/c1-2-29-6-5-23-18(25-17(28)10-3-4-12(20)13(21)7-10)24-16-15-11(19)8-22-9-14(15)26-27-16/h3-4,7-9H,2,5-6H2,1H3,(H3,23,24,25,26,27,28). The van der Waals surface area contributed by atoms with Crippen LogP contribution >= 0.6 is 11.6 Å². The molecule has 3 rings (SSSR count). The summed E-state index contributed by atoms with van der Waals surface area (Å²) in [7, 11) is 0. The number of pyridine rings is 1. The first-order valence-electron chi connectivity index (χ1n) is 8.62. The molecule has 3 N–H and O–H groups in total. The zero-order valence-electron chi connectivity index (χ0n) is 15.3. The molecule has 1 aromatic carbocycles. The fraction of sp³-hybridized carbons (Fsp3) is 0.222. The van der Waals surface area contributed by atoms with Crippen molar-refractivity contribution in [1.29, 1.82) is 0 Å². The van der Waals surface area contributed by atoms with Crippen molar-refractivity contribution in [2.75, 3.05) is 25.1 Å². The fourth-order valence-corrected chi connectivity index (χ4v) is 2.68. The second-order valence-corrected chi connectivity index (χ2v) is 6.16. The van der Waals surface area contributed by atoms with Crippen LogP contribution in [0.5, 0.6) is 0 Å². The number of nitrogens with one attached hydrogen (secondary N) is 3. The Labute approximate surface area is 169 Å². The Morgan fingerprint density at radius 3 is 2.90 bits per heavy atom. The van der Waals surface area contributed by atoms with E-state index in [4.69, 9.17) is 16.3 Å². The van der Waals surface area contributed by atoms with E-state index in [0.717, 1.165) is 18.2 Å². The van der Waals surface area contributed by atoms with E-state index < -0.39 is 17.5 Å². The van der Waals surface area contributed by atoms with E-state index >= 15 is 0 Å².